The van der Waals surface area contributed by atoms with Gasteiger partial charge < -0.3 is 10.3 Å². The topological polar surface area (TPSA) is 108 Å². The van der Waals surface area contributed by atoms with E-state index in [-0.39, 0.29) is 0 Å². The normalized spacial score (nSPS) is 11.5. The zero-order valence-electron chi connectivity index (χ0n) is 17.8. The van der Waals surface area contributed by atoms with Crippen molar-refractivity contribution in [1.29, 1.82) is 0 Å². The van der Waals surface area contributed by atoms with Crippen LogP contribution in [0.1, 0.15) is 12.5 Å². The minimum Gasteiger partial charge on any atom is -0.335 e. The Balaban J connectivity index is 1.44. The fourth-order valence-corrected chi connectivity index (χ4v) is 4.58. The Labute approximate surface area is 193 Å². The lowest BCUT2D eigenvalue weighted by molar-refractivity contribution is 0.724. The summed E-state index contributed by atoms with van der Waals surface area (Å²) in [6.07, 6.45) is 9.23. The molecule has 0 bridgehead atoms. The van der Waals surface area contributed by atoms with Gasteiger partial charge in [-0.1, -0.05) is 6.92 Å². The van der Waals surface area contributed by atoms with Gasteiger partial charge in [0.05, 0.1) is 17.1 Å². The largest absolute Gasteiger partial charge is 0.335 e. The lowest BCUT2D eigenvalue weighted by Gasteiger charge is -2.05. The van der Waals surface area contributed by atoms with E-state index in [1.54, 1.807) is 17.5 Å². The molecule has 9 heteroatoms. The zero-order valence-corrected chi connectivity index (χ0v) is 18.6. The van der Waals surface area contributed by atoms with E-state index in [4.69, 9.17) is 4.98 Å². The molecule has 0 aliphatic rings. The van der Waals surface area contributed by atoms with Crippen molar-refractivity contribution in [1.82, 2.24) is 40.4 Å². The van der Waals surface area contributed by atoms with Gasteiger partial charge in [-0.25, -0.2) is 9.97 Å². The molecule has 8 nitrogen and oxygen atoms in total. The second kappa shape index (κ2) is 8.19. The second-order valence-electron chi connectivity index (χ2n) is 7.74. The molecular weight excluding hydrogens is 432 g/mol. The summed E-state index contributed by atoms with van der Waals surface area (Å²) in [4.78, 5) is 21.7. The van der Waals surface area contributed by atoms with Crippen LogP contribution in [0.3, 0.4) is 0 Å². The quantitative estimate of drug-likeness (QED) is 0.335. The summed E-state index contributed by atoms with van der Waals surface area (Å²) in [5.74, 6) is 0.679. The van der Waals surface area contributed by atoms with Crippen LogP contribution in [-0.4, -0.2) is 41.7 Å². The van der Waals surface area contributed by atoms with E-state index in [1.165, 1.54) is 0 Å². The van der Waals surface area contributed by atoms with Crippen LogP contribution in [0, 0.1) is 0 Å². The summed E-state index contributed by atoms with van der Waals surface area (Å²) in [5.41, 5.74) is 8.41. The predicted molar refractivity (Wildman–Crippen MR) is 131 cm³/mol. The van der Waals surface area contributed by atoms with E-state index in [2.05, 4.69) is 71.3 Å². The lowest BCUT2D eigenvalue weighted by atomic mass is 10.1. The van der Waals surface area contributed by atoms with Gasteiger partial charge in [0.2, 0.25) is 0 Å². The number of pyridine rings is 3. The monoisotopic (exact) mass is 452 g/mol. The highest BCUT2D eigenvalue weighted by Crippen LogP contribution is 2.32. The maximum atomic E-state index is 4.89. The number of rotatable bonds is 6. The zero-order chi connectivity index (χ0) is 22.2. The average molecular weight is 453 g/mol. The Hall–Kier alpha value is -3.95. The van der Waals surface area contributed by atoms with Gasteiger partial charge in [-0.15, -0.1) is 0 Å². The van der Waals surface area contributed by atoms with Gasteiger partial charge in [0.1, 0.15) is 11.2 Å². The van der Waals surface area contributed by atoms with Gasteiger partial charge in [-0.2, -0.15) is 16.4 Å². The first-order valence-corrected chi connectivity index (χ1v) is 11.6. The van der Waals surface area contributed by atoms with E-state index in [0.717, 1.165) is 63.0 Å². The molecule has 6 rings (SSSR count). The Morgan fingerprint density at radius 1 is 1.00 bits per heavy atom. The van der Waals surface area contributed by atoms with Crippen LogP contribution in [0.25, 0.3) is 55.8 Å². The van der Waals surface area contributed by atoms with Crippen LogP contribution in [0.15, 0.2) is 59.9 Å². The predicted octanol–water partition coefficient (Wildman–Crippen LogP) is 4.80. The van der Waals surface area contributed by atoms with Crippen molar-refractivity contribution in [2.45, 2.75) is 13.5 Å². The van der Waals surface area contributed by atoms with Crippen LogP contribution >= 0.6 is 11.3 Å². The van der Waals surface area contributed by atoms with Crippen molar-refractivity contribution >= 4 is 33.4 Å². The van der Waals surface area contributed by atoms with Crippen molar-refractivity contribution in [2.75, 3.05) is 6.54 Å². The molecule has 3 N–H and O–H groups in total. The molecule has 0 fully saturated rings. The first-order chi connectivity index (χ1) is 16.3. The van der Waals surface area contributed by atoms with Crippen LogP contribution in [0.2, 0.25) is 0 Å². The van der Waals surface area contributed by atoms with E-state index in [9.17, 15) is 0 Å². The van der Waals surface area contributed by atoms with Gasteiger partial charge in [0.15, 0.2) is 11.5 Å². The second-order valence-corrected chi connectivity index (χ2v) is 8.52. The van der Waals surface area contributed by atoms with E-state index in [1.807, 2.05) is 24.8 Å². The summed E-state index contributed by atoms with van der Waals surface area (Å²) >= 11 is 1.65. The summed E-state index contributed by atoms with van der Waals surface area (Å²) in [5, 5.41) is 15.9. The maximum Gasteiger partial charge on any atom is 0.159 e. The molecule has 0 atom stereocenters. The summed E-state index contributed by atoms with van der Waals surface area (Å²) < 4.78 is 0. The number of thiophene rings is 1. The molecule has 0 aliphatic heterocycles. The number of hydrogen-bond acceptors (Lipinski definition) is 7. The lowest BCUT2D eigenvalue weighted by Crippen LogP contribution is -2.11. The molecule has 0 saturated heterocycles. The number of fused-ring (bicyclic) bond motifs is 2. The molecule has 6 heterocycles. The first kappa shape index (κ1) is 19.7. The number of hydrogen-bond donors (Lipinski definition) is 3. The highest BCUT2D eigenvalue weighted by Gasteiger charge is 2.17. The molecule has 6 aromatic heterocycles. The van der Waals surface area contributed by atoms with Gasteiger partial charge in [0.25, 0.3) is 0 Å². The van der Waals surface area contributed by atoms with E-state index < -0.39 is 0 Å². The third-order valence-electron chi connectivity index (χ3n) is 5.57. The standard InChI is InChI=1S/C24H20N8S/c1-2-25-7-14-5-16(9-26-8-14)17-6-18-22(31-32-23(18)28-10-17)24-29-20-12-27-11-19(21(20)30-24)15-3-4-33-13-15/h3-6,8-13,25H,2,7H2,1H3,(H,29,30)(H,28,31,32). The fraction of sp³-hybridized carbons (Fsp3) is 0.125. The van der Waals surface area contributed by atoms with Gasteiger partial charge in [-0.3, -0.25) is 15.1 Å². The Morgan fingerprint density at radius 3 is 2.79 bits per heavy atom. The fourth-order valence-electron chi connectivity index (χ4n) is 3.93. The van der Waals surface area contributed by atoms with Crippen molar-refractivity contribution in [3.63, 3.8) is 0 Å². The number of H-pyrrole nitrogens is 2. The van der Waals surface area contributed by atoms with Crippen LogP contribution in [0.4, 0.5) is 0 Å². The van der Waals surface area contributed by atoms with Crippen molar-refractivity contribution < 1.29 is 0 Å². The van der Waals surface area contributed by atoms with Gasteiger partial charge in [-0.05, 0) is 46.6 Å². The first-order valence-electron chi connectivity index (χ1n) is 10.7. The number of nitrogens with zero attached hydrogens (tertiary/aromatic N) is 5. The van der Waals surface area contributed by atoms with Gasteiger partial charge >= 0.3 is 0 Å². The molecule has 6 aromatic rings. The Bertz CT molecular complexity index is 1560. The summed E-state index contributed by atoms with van der Waals surface area (Å²) in [7, 11) is 0. The summed E-state index contributed by atoms with van der Waals surface area (Å²) in [6, 6.07) is 6.30. The van der Waals surface area contributed by atoms with Crippen molar-refractivity contribution in [3.8, 4) is 33.8 Å². The Kier molecular flexibility index (Phi) is 4.89. The smallest absolute Gasteiger partial charge is 0.159 e. The Morgan fingerprint density at radius 2 is 1.91 bits per heavy atom. The number of nitrogens with one attached hydrogen (secondary N) is 3. The molecule has 0 unspecified atom stereocenters. The third kappa shape index (κ3) is 3.57. The molecular formula is C24H20N8S. The van der Waals surface area contributed by atoms with Crippen LogP contribution in [0.5, 0.6) is 0 Å². The van der Waals surface area contributed by atoms with E-state index in [0.29, 0.717) is 11.5 Å². The maximum absolute atomic E-state index is 4.89. The average Bonchev–Trinajstić information content (AvgIpc) is 3.61. The third-order valence-corrected chi connectivity index (χ3v) is 6.26. The van der Waals surface area contributed by atoms with E-state index >= 15 is 0 Å². The minimum absolute atomic E-state index is 0.679. The molecule has 0 saturated carbocycles. The molecule has 0 radical (unpaired) electrons. The SMILES string of the molecule is CCNCc1cncc(-c2cnc3[nH]nc(-c4nc5c(-c6ccsc6)cncc5[nH]4)c3c2)c1. The molecule has 33 heavy (non-hydrogen) atoms. The van der Waals surface area contributed by atoms with Crippen molar-refractivity contribution in [3.05, 3.63) is 65.5 Å². The molecule has 162 valence electrons. The number of imidazole rings is 1. The molecule has 0 spiro atoms. The molecule has 0 aliphatic carbocycles. The highest BCUT2D eigenvalue weighted by molar-refractivity contribution is 7.08. The highest BCUT2D eigenvalue weighted by atomic mass is 32.1. The van der Waals surface area contributed by atoms with Crippen molar-refractivity contribution in [2.24, 2.45) is 0 Å². The molecule has 0 aromatic carbocycles. The molecule has 0 amide bonds. The van der Waals surface area contributed by atoms with Crippen LogP contribution < -0.4 is 5.32 Å². The number of aromatic nitrogens is 7. The van der Waals surface area contributed by atoms with Gasteiger partial charge in [0, 0.05) is 48.0 Å². The number of aromatic amines is 2. The minimum atomic E-state index is 0.679. The van der Waals surface area contributed by atoms with Crippen LogP contribution in [-0.2, 0) is 6.54 Å². The summed E-state index contributed by atoms with van der Waals surface area (Å²) in [6.45, 7) is 3.79.